The highest BCUT2D eigenvalue weighted by atomic mass is 79.9. The Morgan fingerprint density at radius 1 is 1.00 bits per heavy atom. The molecule has 0 spiro atoms. The molecule has 0 unspecified atom stereocenters. The summed E-state index contributed by atoms with van der Waals surface area (Å²) in [4.78, 5) is 64.2. The fourth-order valence-electron chi connectivity index (χ4n) is 5.17. The highest BCUT2D eigenvalue weighted by Crippen LogP contribution is 2.52. The third-order valence-electron chi connectivity index (χ3n) is 6.71. The molecule has 4 atom stereocenters. The lowest BCUT2D eigenvalue weighted by Gasteiger charge is -2.30. The molecule has 10 heteroatoms. The number of hydrogen-bond acceptors (Lipinski definition) is 6. The van der Waals surface area contributed by atoms with Crippen molar-refractivity contribution in [2.45, 2.75) is 6.42 Å². The highest BCUT2D eigenvalue weighted by Gasteiger charge is 2.61. The van der Waals surface area contributed by atoms with E-state index in [1.165, 1.54) is 18.2 Å². The Hall–Kier alpha value is -3.66. The van der Waals surface area contributed by atoms with Crippen molar-refractivity contribution in [1.82, 2.24) is 10.0 Å². The summed E-state index contributed by atoms with van der Waals surface area (Å²) in [5.74, 6) is -3.95. The third kappa shape index (κ3) is 3.45. The van der Waals surface area contributed by atoms with Gasteiger partial charge in [-0.25, -0.2) is 5.01 Å². The number of nitrogens with zero attached hydrogens (tertiary/aromatic N) is 3. The largest absolute Gasteiger partial charge is 0.292 e. The first-order chi connectivity index (χ1) is 16.3. The number of carbonyl (C=O) groups is 4. The Kier molecular flexibility index (Phi) is 5.40. The van der Waals surface area contributed by atoms with E-state index in [-0.39, 0.29) is 23.0 Å². The molecule has 172 valence electrons. The molecule has 3 aliphatic rings. The number of hydrogen-bond donors (Lipinski definition) is 0. The van der Waals surface area contributed by atoms with Gasteiger partial charge in [-0.15, -0.1) is 0 Å². The fourth-order valence-corrected chi connectivity index (χ4v) is 5.44. The predicted octanol–water partition coefficient (Wildman–Crippen LogP) is 3.40. The average molecular weight is 524 g/mol. The first-order valence-corrected chi connectivity index (χ1v) is 11.5. The molecule has 2 aromatic carbocycles. The molecular weight excluding hydrogens is 506 g/mol. The van der Waals surface area contributed by atoms with Gasteiger partial charge in [0.1, 0.15) is 12.1 Å². The van der Waals surface area contributed by atoms with E-state index in [0.29, 0.717) is 6.42 Å². The normalized spacial score (nSPS) is 24.4. The summed E-state index contributed by atoms with van der Waals surface area (Å²) in [5, 5.41) is 13.1. The van der Waals surface area contributed by atoms with Gasteiger partial charge in [0.05, 0.1) is 16.8 Å². The van der Waals surface area contributed by atoms with Crippen LogP contribution in [0.4, 0.5) is 5.69 Å². The number of nitro groups is 1. The molecule has 34 heavy (non-hydrogen) atoms. The standard InChI is InChI=1S/C24H18BrN3O6/c25-16-9-7-13(8-10-16)19(29)12-26(22(30)17-3-1-2-4-18(17)28(33)34)27-23(31)20-14-5-6-15(11-14)21(20)24(27)32/h1-10,14-15,20-21H,11-12H2/t14-,15-,20-,21+/m0/s1. The molecule has 2 fully saturated rings. The Bertz CT molecular complexity index is 1240. The zero-order valence-electron chi connectivity index (χ0n) is 17.7. The van der Waals surface area contributed by atoms with Crippen molar-refractivity contribution < 1.29 is 24.1 Å². The molecule has 2 aliphatic carbocycles. The molecule has 0 N–H and O–H groups in total. The van der Waals surface area contributed by atoms with Crippen LogP contribution in [0.1, 0.15) is 27.1 Å². The van der Waals surface area contributed by atoms with Crippen LogP contribution in [0.15, 0.2) is 65.2 Å². The van der Waals surface area contributed by atoms with Crippen LogP contribution in [0, 0.1) is 33.8 Å². The van der Waals surface area contributed by atoms with Gasteiger partial charge in [-0.05, 0) is 36.5 Å². The van der Waals surface area contributed by atoms with Crippen LogP contribution in [0.3, 0.4) is 0 Å². The summed E-state index contributed by atoms with van der Waals surface area (Å²) in [7, 11) is 0. The smallest absolute Gasteiger partial charge is 0.282 e. The van der Waals surface area contributed by atoms with Gasteiger partial charge in [-0.1, -0.05) is 52.3 Å². The number of allylic oxidation sites excluding steroid dienone is 2. The summed E-state index contributed by atoms with van der Waals surface area (Å²) in [5.41, 5.74) is -0.519. The van der Waals surface area contributed by atoms with E-state index in [2.05, 4.69) is 15.9 Å². The van der Waals surface area contributed by atoms with Crippen LogP contribution in [0.2, 0.25) is 0 Å². The third-order valence-corrected chi connectivity index (χ3v) is 7.24. The molecule has 5 rings (SSSR count). The fraction of sp³-hybridized carbons (Fsp3) is 0.250. The number of rotatable bonds is 6. The molecule has 1 heterocycles. The molecule has 3 amide bonds. The van der Waals surface area contributed by atoms with Crippen molar-refractivity contribution >= 4 is 45.1 Å². The summed E-state index contributed by atoms with van der Waals surface area (Å²) in [6.45, 7) is -0.619. The lowest BCUT2D eigenvalue weighted by Crippen LogP contribution is -2.52. The van der Waals surface area contributed by atoms with Gasteiger partial charge in [0.15, 0.2) is 5.78 Å². The number of halogens is 1. The minimum Gasteiger partial charge on any atom is -0.292 e. The topological polar surface area (TPSA) is 118 Å². The minimum atomic E-state index is -0.959. The van der Waals surface area contributed by atoms with Gasteiger partial charge in [-0.3, -0.25) is 29.3 Å². The Balaban J connectivity index is 1.54. The van der Waals surface area contributed by atoms with E-state index in [1.54, 1.807) is 24.3 Å². The maximum absolute atomic E-state index is 13.6. The minimum absolute atomic E-state index is 0.0957. The number of para-hydroxylation sites is 1. The molecule has 2 aromatic rings. The van der Waals surface area contributed by atoms with E-state index in [4.69, 9.17) is 0 Å². The number of fused-ring (bicyclic) bond motifs is 5. The monoisotopic (exact) mass is 523 g/mol. The van der Waals surface area contributed by atoms with Crippen molar-refractivity contribution in [2.24, 2.45) is 23.7 Å². The molecule has 1 aliphatic heterocycles. The number of hydrazine groups is 1. The number of Topliss-reactive ketones (excluding diaryl/α,β-unsaturated/α-hetero) is 1. The number of imide groups is 1. The highest BCUT2D eigenvalue weighted by molar-refractivity contribution is 9.10. The first-order valence-electron chi connectivity index (χ1n) is 10.7. The maximum atomic E-state index is 13.6. The average Bonchev–Trinajstić information content (AvgIpc) is 3.51. The molecule has 1 saturated heterocycles. The molecule has 0 radical (unpaired) electrons. The second-order valence-electron chi connectivity index (χ2n) is 8.56. The second kappa shape index (κ2) is 8.28. The van der Waals surface area contributed by atoms with Gasteiger partial charge in [-0.2, -0.15) is 5.01 Å². The quantitative estimate of drug-likeness (QED) is 0.188. The van der Waals surface area contributed by atoms with E-state index in [0.717, 1.165) is 20.6 Å². The number of benzene rings is 2. The first kappa shape index (κ1) is 22.1. The van der Waals surface area contributed by atoms with Crippen molar-refractivity contribution in [3.8, 4) is 0 Å². The Morgan fingerprint density at radius 2 is 1.59 bits per heavy atom. The van der Waals surface area contributed by atoms with Crippen LogP contribution < -0.4 is 0 Å². The van der Waals surface area contributed by atoms with E-state index < -0.39 is 52.5 Å². The molecule has 9 nitrogen and oxygen atoms in total. The Labute approximate surface area is 202 Å². The lowest BCUT2D eigenvalue weighted by atomic mass is 9.85. The van der Waals surface area contributed by atoms with Crippen LogP contribution >= 0.6 is 15.9 Å². The van der Waals surface area contributed by atoms with Gasteiger partial charge in [0.25, 0.3) is 23.4 Å². The van der Waals surface area contributed by atoms with E-state index in [9.17, 15) is 29.3 Å². The van der Waals surface area contributed by atoms with E-state index in [1.807, 2.05) is 12.2 Å². The number of amides is 3. The van der Waals surface area contributed by atoms with Crippen LogP contribution in [0.5, 0.6) is 0 Å². The molecule has 0 aromatic heterocycles. The van der Waals surface area contributed by atoms with Crippen LogP contribution in [-0.4, -0.2) is 45.0 Å². The zero-order valence-corrected chi connectivity index (χ0v) is 19.3. The zero-order chi connectivity index (χ0) is 24.1. The van der Waals surface area contributed by atoms with E-state index >= 15 is 0 Å². The van der Waals surface area contributed by atoms with Crippen LogP contribution in [-0.2, 0) is 9.59 Å². The lowest BCUT2D eigenvalue weighted by molar-refractivity contribution is -0.385. The molecule has 2 bridgehead atoms. The summed E-state index contributed by atoms with van der Waals surface area (Å²) < 4.78 is 0.748. The molecular formula is C24H18BrN3O6. The summed E-state index contributed by atoms with van der Waals surface area (Å²) in [6, 6.07) is 11.7. The van der Waals surface area contributed by atoms with Crippen molar-refractivity contribution in [1.29, 1.82) is 0 Å². The van der Waals surface area contributed by atoms with Gasteiger partial charge < -0.3 is 0 Å². The van der Waals surface area contributed by atoms with Crippen molar-refractivity contribution in [3.63, 3.8) is 0 Å². The number of ketones is 1. The second-order valence-corrected chi connectivity index (χ2v) is 9.47. The predicted molar refractivity (Wildman–Crippen MR) is 122 cm³/mol. The maximum Gasteiger partial charge on any atom is 0.282 e. The SMILES string of the molecule is O=C(CN(C(=O)c1ccccc1[N+](=O)[O-])N1C(=O)[C@@H]2[C@H](C1=O)[C@H]1C=C[C@H]2C1)c1ccc(Br)cc1. The van der Waals surface area contributed by atoms with Gasteiger partial charge >= 0.3 is 0 Å². The Morgan fingerprint density at radius 3 is 2.18 bits per heavy atom. The summed E-state index contributed by atoms with van der Waals surface area (Å²) in [6.07, 6.45) is 4.54. The van der Waals surface area contributed by atoms with Crippen LogP contribution in [0.25, 0.3) is 0 Å². The molecule has 1 saturated carbocycles. The summed E-state index contributed by atoms with van der Waals surface area (Å²) >= 11 is 3.29. The van der Waals surface area contributed by atoms with Crippen molar-refractivity contribution in [2.75, 3.05) is 6.54 Å². The van der Waals surface area contributed by atoms with Gasteiger partial charge in [0.2, 0.25) is 0 Å². The number of nitro benzene ring substituents is 1. The van der Waals surface area contributed by atoms with Crippen molar-refractivity contribution in [3.05, 3.63) is 86.4 Å². The number of carbonyl (C=O) groups excluding carboxylic acids is 4. The van der Waals surface area contributed by atoms with Gasteiger partial charge in [0, 0.05) is 16.1 Å².